The van der Waals surface area contributed by atoms with Crippen molar-refractivity contribution in [1.29, 1.82) is 0 Å². The van der Waals surface area contributed by atoms with Crippen molar-refractivity contribution in [3.63, 3.8) is 0 Å². The van der Waals surface area contributed by atoms with Gasteiger partial charge in [0.1, 0.15) is 23.2 Å². The van der Waals surface area contributed by atoms with Gasteiger partial charge in [-0.3, -0.25) is 0 Å². The highest BCUT2D eigenvalue weighted by Crippen LogP contribution is 2.33. The fourth-order valence-electron chi connectivity index (χ4n) is 4.06. The van der Waals surface area contributed by atoms with E-state index in [4.69, 9.17) is 19.6 Å². The van der Waals surface area contributed by atoms with Crippen molar-refractivity contribution in [2.24, 2.45) is 5.73 Å². The molecule has 2 aliphatic rings. The van der Waals surface area contributed by atoms with Crippen LogP contribution in [0.1, 0.15) is 12.8 Å². The SMILES string of the molecule is NC1CC(Oc2ccc3ncc(-c4cc5c(N6CCOCC6)nccc5o4)n3n2)C1. The third-order valence-electron chi connectivity index (χ3n) is 5.74. The van der Waals surface area contributed by atoms with Gasteiger partial charge in [-0.15, -0.1) is 5.10 Å². The smallest absolute Gasteiger partial charge is 0.232 e. The number of rotatable bonds is 4. The standard InChI is InChI=1S/C21H22N6O3/c22-13-9-14(10-13)29-20-2-1-19-24-12-16(27(19)25-20)18-11-15-17(30-18)3-4-23-21(15)26-5-7-28-8-6-26/h1-4,11-14H,5-10,22H2. The highest BCUT2D eigenvalue weighted by Gasteiger charge is 2.28. The van der Waals surface area contributed by atoms with Crippen LogP contribution in [0, 0.1) is 0 Å². The Morgan fingerprint density at radius 1 is 1.10 bits per heavy atom. The molecular weight excluding hydrogens is 384 g/mol. The second-order valence-electron chi connectivity index (χ2n) is 7.81. The van der Waals surface area contributed by atoms with Gasteiger partial charge in [-0.25, -0.2) is 14.5 Å². The highest BCUT2D eigenvalue weighted by molar-refractivity contribution is 5.92. The molecule has 1 saturated carbocycles. The van der Waals surface area contributed by atoms with Gasteiger partial charge in [0.15, 0.2) is 11.4 Å². The van der Waals surface area contributed by atoms with Crippen LogP contribution in [0.5, 0.6) is 5.88 Å². The third kappa shape index (κ3) is 2.98. The van der Waals surface area contributed by atoms with Crippen LogP contribution in [-0.4, -0.2) is 58.0 Å². The summed E-state index contributed by atoms with van der Waals surface area (Å²) in [4.78, 5) is 11.3. The van der Waals surface area contributed by atoms with E-state index in [1.54, 1.807) is 16.9 Å². The molecule has 9 nitrogen and oxygen atoms in total. The van der Waals surface area contributed by atoms with Crippen LogP contribution in [0.2, 0.25) is 0 Å². The van der Waals surface area contributed by atoms with Gasteiger partial charge in [-0.1, -0.05) is 0 Å². The van der Waals surface area contributed by atoms with Gasteiger partial charge in [-0.2, -0.15) is 0 Å². The normalized spacial score (nSPS) is 21.8. The van der Waals surface area contributed by atoms with E-state index in [1.807, 2.05) is 24.3 Å². The van der Waals surface area contributed by atoms with Gasteiger partial charge in [0.05, 0.1) is 24.8 Å². The second kappa shape index (κ2) is 6.96. The first-order chi connectivity index (χ1) is 14.7. The lowest BCUT2D eigenvalue weighted by molar-refractivity contribution is 0.0944. The first kappa shape index (κ1) is 17.7. The lowest BCUT2D eigenvalue weighted by Gasteiger charge is -2.31. The quantitative estimate of drug-likeness (QED) is 0.550. The van der Waals surface area contributed by atoms with E-state index in [0.29, 0.717) is 24.9 Å². The molecule has 0 spiro atoms. The predicted octanol–water partition coefficient (Wildman–Crippen LogP) is 2.24. The van der Waals surface area contributed by atoms with Crippen molar-refractivity contribution in [3.05, 3.63) is 36.7 Å². The molecule has 2 N–H and O–H groups in total. The molecule has 4 aromatic heterocycles. The summed E-state index contributed by atoms with van der Waals surface area (Å²) in [6.07, 6.45) is 5.40. The Kier molecular flexibility index (Phi) is 4.10. The van der Waals surface area contributed by atoms with Crippen molar-refractivity contribution in [3.8, 4) is 17.3 Å². The van der Waals surface area contributed by atoms with E-state index in [2.05, 4.69) is 20.0 Å². The zero-order valence-corrected chi connectivity index (χ0v) is 16.4. The van der Waals surface area contributed by atoms with Crippen molar-refractivity contribution in [2.75, 3.05) is 31.2 Å². The number of fused-ring (bicyclic) bond motifs is 2. The summed E-state index contributed by atoms with van der Waals surface area (Å²) in [5, 5.41) is 5.60. The average molecular weight is 406 g/mol. The first-order valence-corrected chi connectivity index (χ1v) is 10.2. The highest BCUT2D eigenvalue weighted by atomic mass is 16.5. The van der Waals surface area contributed by atoms with Crippen molar-refractivity contribution < 1.29 is 13.9 Å². The number of hydrogen-bond acceptors (Lipinski definition) is 8. The van der Waals surface area contributed by atoms with Crippen molar-refractivity contribution in [1.82, 2.24) is 19.6 Å². The Morgan fingerprint density at radius 3 is 2.80 bits per heavy atom. The van der Waals surface area contributed by atoms with Crippen LogP contribution in [-0.2, 0) is 4.74 Å². The van der Waals surface area contributed by atoms with Crippen LogP contribution >= 0.6 is 0 Å². The van der Waals surface area contributed by atoms with E-state index in [1.165, 1.54) is 0 Å². The number of hydrogen-bond donors (Lipinski definition) is 1. The van der Waals surface area contributed by atoms with Gasteiger partial charge in [0, 0.05) is 31.4 Å². The summed E-state index contributed by atoms with van der Waals surface area (Å²) >= 11 is 0. The van der Waals surface area contributed by atoms with Crippen LogP contribution in [0.3, 0.4) is 0 Å². The minimum Gasteiger partial charge on any atom is -0.473 e. The van der Waals surface area contributed by atoms with E-state index in [0.717, 1.165) is 54.1 Å². The van der Waals surface area contributed by atoms with Crippen molar-refractivity contribution in [2.45, 2.75) is 25.0 Å². The third-order valence-corrected chi connectivity index (χ3v) is 5.74. The maximum atomic E-state index is 6.16. The predicted molar refractivity (Wildman–Crippen MR) is 111 cm³/mol. The number of aromatic nitrogens is 4. The van der Waals surface area contributed by atoms with E-state index < -0.39 is 0 Å². The van der Waals surface area contributed by atoms with E-state index >= 15 is 0 Å². The number of nitrogens with two attached hydrogens (primary N) is 1. The number of pyridine rings is 1. The molecule has 4 aromatic rings. The summed E-state index contributed by atoms with van der Waals surface area (Å²) in [6, 6.07) is 7.86. The van der Waals surface area contributed by atoms with E-state index in [-0.39, 0.29) is 12.1 Å². The van der Waals surface area contributed by atoms with Crippen molar-refractivity contribution >= 4 is 22.4 Å². The van der Waals surface area contributed by atoms with Gasteiger partial charge in [0.2, 0.25) is 5.88 Å². The van der Waals surface area contributed by atoms with Crippen LogP contribution in [0.15, 0.2) is 41.1 Å². The monoisotopic (exact) mass is 406 g/mol. The summed E-state index contributed by atoms with van der Waals surface area (Å²) in [5.74, 6) is 2.17. The maximum Gasteiger partial charge on any atom is 0.232 e. The van der Waals surface area contributed by atoms with Crippen LogP contribution < -0.4 is 15.4 Å². The number of morpholine rings is 1. The molecule has 0 aromatic carbocycles. The molecule has 0 unspecified atom stereocenters. The number of anilines is 1. The molecule has 30 heavy (non-hydrogen) atoms. The number of ether oxygens (including phenoxy) is 2. The minimum absolute atomic E-state index is 0.130. The molecule has 0 atom stereocenters. The molecule has 0 radical (unpaired) electrons. The zero-order chi connectivity index (χ0) is 20.1. The van der Waals surface area contributed by atoms with E-state index in [9.17, 15) is 0 Å². The minimum atomic E-state index is 0.130. The largest absolute Gasteiger partial charge is 0.473 e. The van der Waals surface area contributed by atoms with Gasteiger partial charge >= 0.3 is 0 Å². The Morgan fingerprint density at radius 2 is 1.97 bits per heavy atom. The van der Waals surface area contributed by atoms with Gasteiger partial charge in [0.25, 0.3) is 0 Å². The summed E-state index contributed by atoms with van der Waals surface area (Å²) in [6.45, 7) is 3.04. The molecule has 0 amide bonds. The van der Waals surface area contributed by atoms with Crippen LogP contribution in [0.4, 0.5) is 5.82 Å². The molecular formula is C21H22N6O3. The van der Waals surface area contributed by atoms with Gasteiger partial charge in [-0.05, 0) is 31.0 Å². The summed E-state index contributed by atoms with van der Waals surface area (Å²) in [5.41, 5.74) is 8.14. The molecule has 1 aliphatic carbocycles. The Labute approximate surface area is 172 Å². The molecule has 1 saturated heterocycles. The van der Waals surface area contributed by atoms with Crippen LogP contribution in [0.25, 0.3) is 28.1 Å². The number of imidazole rings is 1. The maximum absolute atomic E-state index is 6.16. The topological polar surface area (TPSA) is 104 Å². The lowest BCUT2D eigenvalue weighted by Crippen LogP contribution is -2.43. The first-order valence-electron chi connectivity index (χ1n) is 10.2. The fraction of sp³-hybridized carbons (Fsp3) is 0.381. The molecule has 5 heterocycles. The van der Waals surface area contributed by atoms with Gasteiger partial charge < -0.3 is 24.5 Å². The number of nitrogens with zero attached hydrogens (tertiary/aromatic N) is 5. The Balaban J connectivity index is 1.38. The molecule has 2 fully saturated rings. The number of furan rings is 1. The average Bonchev–Trinajstić information content (AvgIpc) is 3.36. The zero-order valence-electron chi connectivity index (χ0n) is 16.4. The Hall–Kier alpha value is -3.17. The summed E-state index contributed by atoms with van der Waals surface area (Å²) in [7, 11) is 0. The second-order valence-corrected chi connectivity index (χ2v) is 7.81. The molecule has 6 rings (SSSR count). The fourth-order valence-corrected chi connectivity index (χ4v) is 4.06. The molecule has 0 bridgehead atoms. The Bertz CT molecular complexity index is 1210. The lowest BCUT2D eigenvalue weighted by atomic mass is 9.90. The summed E-state index contributed by atoms with van der Waals surface area (Å²) < 4.78 is 19.3. The molecule has 9 heteroatoms. The molecule has 1 aliphatic heterocycles. The molecule has 154 valence electrons.